The maximum absolute atomic E-state index is 12.7. The molecule has 5 heteroatoms. The summed E-state index contributed by atoms with van der Waals surface area (Å²) in [6.45, 7) is 1.15. The van der Waals surface area contributed by atoms with Gasteiger partial charge >= 0.3 is 0 Å². The van der Waals surface area contributed by atoms with Crippen LogP contribution in [-0.4, -0.2) is 40.0 Å². The number of aromatic amines is 1. The van der Waals surface area contributed by atoms with Gasteiger partial charge in [0.25, 0.3) is 5.91 Å². The molecule has 0 spiro atoms. The number of para-hydroxylation sites is 2. The Balaban J connectivity index is 1.27. The number of hydrogen-bond acceptors (Lipinski definition) is 3. The quantitative estimate of drug-likeness (QED) is 0.618. The number of fused-ring (bicyclic) bond motifs is 2. The third kappa shape index (κ3) is 2.49. The van der Waals surface area contributed by atoms with Crippen LogP contribution in [0.15, 0.2) is 66.9 Å². The monoisotopic (exact) mass is 343 g/mol. The van der Waals surface area contributed by atoms with Crippen LogP contribution in [-0.2, 0) is 0 Å². The van der Waals surface area contributed by atoms with Crippen LogP contribution in [0.25, 0.3) is 21.8 Å². The molecular formula is C21H17N3O2. The molecule has 2 aromatic carbocycles. The van der Waals surface area contributed by atoms with E-state index in [2.05, 4.69) is 9.97 Å². The number of carbonyl (C=O) groups is 1. The number of nitrogens with one attached hydrogen (secondary N) is 1. The smallest absolute Gasteiger partial charge is 0.256 e. The Kier molecular flexibility index (Phi) is 3.38. The van der Waals surface area contributed by atoms with Crippen LogP contribution >= 0.6 is 0 Å². The van der Waals surface area contributed by atoms with Gasteiger partial charge in [0.1, 0.15) is 6.10 Å². The Bertz CT molecular complexity index is 1110. The highest BCUT2D eigenvalue weighted by atomic mass is 16.5. The molecule has 0 unspecified atom stereocenters. The maximum atomic E-state index is 12.7. The fourth-order valence-corrected chi connectivity index (χ4v) is 3.38. The van der Waals surface area contributed by atoms with E-state index in [0.717, 1.165) is 21.8 Å². The molecule has 3 heterocycles. The molecule has 5 rings (SSSR count). The number of ether oxygens (including phenoxy) is 1. The second kappa shape index (κ2) is 5.88. The van der Waals surface area contributed by atoms with Gasteiger partial charge in [-0.3, -0.25) is 4.79 Å². The largest absolute Gasteiger partial charge is 0.471 e. The molecule has 1 fully saturated rings. The molecule has 0 radical (unpaired) electrons. The fraction of sp³-hybridized carbons (Fsp3) is 0.143. The summed E-state index contributed by atoms with van der Waals surface area (Å²) in [6, 6.07) is 19.7. The van der Waals surface area contributed by atoms with Gasteiger partial charge < -0.3 is 14.6 Å². The second-order valence-electron chi connectivity index (χ2n) is 6.54. The van der Waals surface area contributed by atoms with E-state index >= 15 is 0 Å². The van der Waals surface area contributed by atoms with Gasteiger partial charge in [-0.1, -0.05) is 36.4 Å². The van der Waals surface area contributed by atoms with Gasteiger partial charge in [0.2, 0.25) is 5.88 Å². The van der Waals surface area contributed by atoms with Crippen molar-refractivity contribution >= 4 is 27.7 Å². The summed E-state index contributed by atoms with van der Waals surface area (Å²) in [5, 5.41) is 2.04. The van der Waals surface area contributed by atoms with Crippen LogP contribution in [0.3, 0.4) is 0 Å². The van der Waals surface area contributed by atoms with Crippen LogP contribution in [0.2, 0.25) is 0 Å². The van der Waals surface area contributed by atoms with Crippen molar-refractivity contribution < 1.29 is 9.53 Å². The second-order valence-corrected chi connectivity index (χ2v) is 6.54. The third-order valence-electron chi connectivity index (χ3n) is 4.82. The molecule has 5 nitrogen and oxygen atoms in total. The summed E-state index contributed by atoms with van der Waals surface area (Å²) in [5.74, 6) is 0.640. The first-order valence-electron chi connectivity index (χ1n) is 8.66. The number of rotatable bonds is 3. The fourth-order valence-electron chi connectivity index (χ4n) is 3.38. The minimum Gasteiger partial charge on any atom is -0.471 e. The SMILES string of the molecule is O=C(c1c[nH]c2ccccc12)N1CC(Oc2ccc3ccccc3n2)C1. The average Bonchev–Trinajstić information content (AvgIpc) is 3.08. The number of carbonyl (C=O) groups excluding carboxylic acids is 1. The zero-order valence-corrected chi connectivity index (χ0v) is 14.1. The van der Waals surface area contributed by atoms with E-state index in [1.54, 1.807) is 11.1 Å². The Morgan fingerprint density at radius 3 is 2.77 bits per heavy atom. The van der Waals surface area contributed by atoms with Gasteiger partial charge in [-0.15, -0.1) is 0 Å². The number of aromatic nitrogens is 2. The van der Waals surface area contributed by atoms with Gasteiger partial charge in [0.05, 0.1) is 24.2 Å². The first-order chi connectivity index (χ1) is 12.8. The summed E-state index contributed by atoms with van der Waals surface area (Å²) in [7, 11) is 0. The van der Waals surface area contributed by atoms with Crippen LogP contribution in [0.5, 0.6) is 5.88 Å². The lowest BCUT2D eigenvalue weighted by Crippen LogP contribution is -2.56. The lowest BCUT2D eigenvalue weighted by Gasteiger charge is -2.38. The van der Waals surface area contributed by atoms with E-state index in [0.29, 0.717) is 24.5 Å². The number of nitrogens with zero attached hydrogens (tertiary/aromatic N) is 2. The Hall–Kier alpha value is -3.34. The van der Waals surface area contributed by atoms with E-state index in [1.807, 2.05) is 60.7 Å². The van der Waals surface area contributed by atoms with Crippen LogP contribution in [0.1, 0.15) is 10.4 Å². The highest BCUT2D eigenvalue weighted by Crippen LogP contribution is 2.24. The highest BCUT2D eigenvalue weighted by molar-refractivity contribution is 6.07. The zero-order chi connectivity index (χ0) is 17.5. The molecule has 0 saturated carbocycles. The first-order valence-corrected chi connectivity index (χ1v) is 8.66. The molecule has 1 aliphatic rings. The van der Waals surface area contributed by atoms with E-state index < -0.39 is 0 Å². The molecule has 1 saturated heterocycles. The lowest BCUT2D eigenvalue weighted by atomic mass is 10.1. The van der Waals surface area contributed by atoms with Crippen LogP contribution in [0.4, 0.5) is 0 Å². The minimum absolute atomic E-state index is 0.0159. The van der Waals surface area contributed by atoms with Crippen LogP contribution in [0, 0.1) is 0 Å². The molecule has 0 bridgehead atoms. The Labute approximate surface area is 150 Å². The van der Waals surface area contributed by atoms with Gasteiger partial charge in [0, 0.05) is 28.6 Å². The summed E-state index contributed by atoms with van der Waals surface area (Å²) in [6.07, 6.45) is 1.77. The van der Waals surface area contributed by atoms with Gasteiger partial charge in [-0.05, 0) is 18.2 Å². The predicted molar refractivity (Wildman–Crippen MR) is 100 cm³/mol. The number of amides is 1. The van der Waals surface area contributed by atoms with Crippen molar-refractivity contribution in [1.29, 1.82) is 0 Å². The molecule has 1 amide bonds. The third-order valence-corrected chi connectivity index (χ3v) is 4.82. The summed E-state index contributed by atoms with van der Waals surface area (Å²) in [4.78, 5) is 22.2. The molecule has 2 aromatic heterocycles. The standard InChI is InChI=1S/C21H17N3O2/c25-21(17-11-22-19-8-4-2-6-16(17)19)24-12-15(13-24)26-20-10-9-14-5-1-3-7-18(14)23-20/h1-11,15,22H,12-13H2. The number of H-pyrrole nitrogens is 1. The van der Waals surface area contributed by atoms with E-state index in [9.17, 15) is 4.79 Å². The van der Waals surface area contributed by atoms with Crippen LogP contribution < -0.4 is 4.74 Å². The molecule has 0 atom stereocenters. The van der Waals surface area contributed by atoms with Crippen molar-refractivity contribution in [1.82, 2.24) is 14.9 Å². The van der Waals surface area contributed by atoms with E-state index in [1.165, 1.54) is 0 Å². The summed E-state index contributed by atoms with van der Waals surface area (Å²) >= 11 is 0. The molecule has 0 aliphatic carbocycles. The number of likely N-dealkylation sites (tertiary alicyclic amines) is 1. The van der Waals surface area contributed by atoms with Gasteiger partial charge in [0.15, 0.2) is 0 Å². The normalized spacial score (nSPS) is 14.5. The van der Waals surface area contributed by atoms with E-state index in [-0.39, 0.29) is 12.0 Å². The molecule has 128 valence electrons. The minimum atomic E-state index is -0.0159. The Morgan fingerprint density at radius 2 is 1.85 bits per heavy atom. The van der Waals surface area contributed by atoms with Crippen molar-refractivity contribution in [2.75, 3.05) is 13.1 Å². The summed E-state index contributed by atoms with van der Waals surface area (Å²) < 4.78 is 5.93. The van der Waals surface area contributed by atoms with Crippen molar-refractivity contribution in [3.05, 3.63) is 72.4 Å². The Morgan fingerprint density at radius 1 is 1.04 bits per heavy atom. The van der Waals surface area contributed by atoms with Crippen molar-refractivity contribution in [2.45, 2.75) is 6.10 Å². The average molecular weight is 343 g/mol. The summed E-state index contributed by atoms with van der Waals surface area (Å²) in [5.41, 5.74) is 2.60. The van der Waals surface area contributed by atoms with Crippen molar-refractivity contribution in [2.24, 2.45) is 0 Å². The lowest BCUT2D eigenvalue weighted by molar-refractivity contribution is 0.0163. The molecule has 1 aliphatic heterocycles. The van der Waals surface area contributed by atoms with Crippen molar-refractivity contribution in [3.63, 3.8) is 0 Å². The molecular weight excluding hydrogens is 326 g/mol. The number of pyridine rings is 1. The molecule has 26 heavy (non-hydrogen) atoms. The first kappa shape index (κ1) is 15.0. The molecule has 4 aromatic rings. The van der Waals surface area contributed by atoms with Crippen molar-refractivity contribution in [3.8, 4) is 5.88 Å². The van der Waals surface area contributed by atoms with Gasteiger partial charge in [-0.25, -0.2) is 4.98 Å². The van der Waals surface area contributed by atoms with Gasteiger partial charge in [-0.2, -0.15) is 0 Å². The zero-order valence-electron chi connectivity index (χ0n) is 14.1. The topological polar surface area (TPSA) is 58.2 Å². The molecule has 1 N–H and O–H groups in total. The predicted octanol–water partition coefficient (Wildman–Crippen LogP) is 3.62. The maximum Gasteiger partial charge on any atom is 0.256 e. The highest BCUT2D eigenvalue weighted by Gasteiger charge is 2.34. The number of hydrogen-bond donors (Lipinski definition) is 1. The van der Waals surface area contributed by atoms with E-state index in [4.69, 9.17) is 4.74 Å². The number of benzene rings is 2.